The van der Waals surface area contributed by atoms with Crippen LogP contribution in [0.5, 0.6) is 11.5 Å². The summed E-state index contributed by atoms with van der Waals surface area (Å²) < 4.78 is 16.3. The minimum atomic E-state index is -0.982. The fourth-order valence-corrected chi connectivity index (χ4v) is 6.78. The number of ether oxygens (including phenoxy) is 3. The minimum absolute atomic E-state index is 0.0708. The lowest BCUT2D eigenvalue weighted by atomic mass is 9.47. The van der Waals surface area contributed by atoms with E-state index in [1.807, 2.05) is 20.0 Å². The van der Waals surface area contributed by atoms with Crippen LogP contribution in [-0.2, 0) is 30.9 Å². The first-order chi connectivity index (χ1) is 14.2. The summed E-state index contributed by atoms with van der Waals surface area (Å²) in [5, 5.41) is 10.5. The van der Waals surface area contributed by atoms with Gasteiger partial charge in [-0.05, 0) is 25.0 Å². The molecule has 6 atom stereocenters. The number of methoxy groups -OCH3 is 1. The van der Waals surface area contributed by atoms with Crippen LogP contribution in [0.3, 0.4) is 0 Å². The van der Waals surface area contributed by atoms with E-state index in [1.54, 1.807) is 13.0 Å². The van der Waals surface area contributed by atoms with Crippen LogP contribution in [-0.4, -0.2) is 60.3 Å². The maximum Gasteiger partial charge on any atom is 0.510 e. The molecule has 1 saturated carbocycles. The summed E-state index contributed by atoms with van der Waals surface area (Å²) in [6, 6.07) is 3.67. The zero-order chi connectivity index (χ0) is 21.5. The lowest BCUT2D eigenvalue weighted by Gasteiger charge is -2.61. The first kappa shape index (κ1) is 19.6. The zero-order valence-corrected chi connectivity index (χ0v) is 17.8. The van der Waals surface area contributed by atoms with Crippen LogP contribution in [0.25, 0.3) is 0 Å². The number of rotatable bonds is 3. The number of Topliss-reactive ketones (excluding diaryl/α,β-unsaturated/α-hetero) is 1. The highest BCUT2D eigenvalue weighted by Gasteiger charge is 2.75. The third kappa shape index (κ3) is 2.23. The average Bonchev–Trinajstić information content (AvgIpc) is 2.98. The van der Waals surface area contributed by atoms with E-state index in [0.29, 0.717) is 25.1 Å². The fourth-order valence-electron chi connectivity index (χ4n) is 6.78. The summed E-state index contributed by atoms with van der Waals surface area (Å²) in [5.41, 5.74) is 0.660. The molecule has 0 radical (unpaired) electrons. The number of quaternary nitrogens is 1. The number of benzene rings is 1. The Hall–Kier alpha value is -2.32. The van der Waals surface area contributed by atoms with Crippen molar-refractivity contribution in [2.24, 2.45) is 5.92 Å². The summed E-state index contributed by atoms with van der Waals surface area (Å²) in [6.07, 6.45) is 1.06. The number of likely N-dealkylation sites (N-methyl/N-ethyl adjacent to an activating group) is 1. The number of phenolic OH excluding ortho intramolecular Hbond substituents is 1. The Bertz CT molecular complexity index is 948. The highest BCUT2D eigenvalue weighted by Crippen LogP contribution is 2.67. The molecule has 5 rings (SSSR count). The molecule has 2 aliphatic carbocycles. The lowest BCUT2D eigenvalue weighted by Crippen LogP contribution is -2.75. The first-order valence-corrected chi connectivity index (χ1v) is 10.5. The Labute approximate surface area is 175 Å². The van der Waals surface area contributed by atoms with Crippen molar-refractivity contribution in [2.45, 2.75) is 62.9 Å². The molecular formula is C22H28NO7+. The Morgan fingerprint density at radius 2 is 2.17 bits per heavy atom. The highest BCUT2D eigenvalue weighted by molar-refractivity contribution is 5.93. The van der Waals surface area contributed by atoms with Gasteiger partial charge in [-0.1, -0.05) is 6.07 Å². The molecule has 2 heterocycles. The van der Waals surface area contributed by atoms with Gasteiger partial charge in [0.25, 0.3) is 6.29 Å². The average molecular weight is 418 g/mol. The van der Waals surface area contributed by atoms with Gasteiger partial charge in [0.2, 0.25) is 0 Å². The number of aromatic hydroxyl groups is 1. The van der Waals surface area contributed by atoms with Crippen LogP contribution in [0.2, 0.25) is 0 Å². The van der Waals surface area contributed by atoms with Crippen LogP contribution in [0.15, 0.2) is 12.1 Å². The Morgan fingerprint density at radius 3 is 2.90 bits per heavy atom. The number of hydroxylamine groups is 3. The molecule has 0 aromatic heterocycles. The number of ketones is 1. The van der Waals surface area contributed by atoms with Crippen LogP contribution >= 0.6 is 0 Å². The fraction of sp³-hybridized carbons (Fsp3) is 0.636. The van der Waals surface area contributed by atoms with E-state index in [1.165, 1.54) is 7.11 Å². The van der Waals surface area contributed by atoms with Gasteiger partial charge in [0.05, 0.1) is 19.6 Å². The predicted molar refractivity (Wildman–Crippen MR) is 104 cm³/mol. The third-order valence-electron chi connectivity index (χ3n) is 8.04. The van der Waals surface area contributed by atoms with E-state index in [9.17, 15) is 14.7 Å². The van der Waals surface area contributed by atoms with Crippen molar-refractivity contribution in [3.8, 4) is 11.5 Å². The molecule has 8 heteroatoms. The molecule has 30 heavy (non-hydrogen) atoms. The Kier molecular flexibility index (Phi) is 4.00. The van der Waals surface area contributed by atoms with Crippen molar-refractivity contribution < 1.29 is 38.4 Å². The molecule has 1 aromatic rings. The Morgan fingerprint density at radius 1 is 1.40 bits per heavy atom. The van der Waals surface area contributed by atoms with Crippen molar-refractivity contribution in [1.82, 2.24) is 0 Å². The second-order valence-electron chi connectivity index (χ2n) is 9.29. The maximum atomic E-state index is 13.1. The van der Waals surface area contributed by atoms with Crippen molar-refractivity contribution in [2.75, 3.05) is 20.7 Å². The largest absolute Gasteiger partial charge is 0.510 e. The Balaban J connectivity index is 1.59. The molecule has 162 valence electrons. The van der Waals surface area contributed by atoms with E-state index in [-0.39, 0.29) is 28.1 Å². The highest BCUT2D eigenvalue weighted by atomic mass is 16.9. The SMILES string of the molecule is COC(=O)OC(C)O[N+]1(C)CC[C@]23c4c5ccc(O)c4O[C@@]2(C)C(=O)CC[C@H]3C1C5. The van der Waals surface area contributed by atoms with Crippen LogP contribution in [0.4, 0.5) is 4.79 Å². The summed E-state index contributed by atoms with van der Waals surface area (Å²) in [7, 11) is 3.28. The predicted octanol–water partition coefficient (Wildman–Crippen LogP) is 2.60. The van der Waals surface area contributed by atoms with Crippen LogP contribution < -0.4 is 4.74 Å². The number of carbonyl (C=O) groups excluding carboxylic acids is 2. The molecular weight excluding hydrogens is 390 g/mol. The van der Waals surface area contributed by atoms with Gasteiger partial charge >= 0.3 is 6.16 Å². The number of hydrogen-bond donors (Lipinski definition) is 1. The topological polar surface area (TPSA) is 91.3 Å². The number of piperidine rings is 1. The number of carbonyl (C=O) groups is 2. The van der Waals surface area contributed by atoms with Crippen molar-refractivity contribution in [3.05, 3.63) is 23.3 Å². The smallest absolute Gasteiger partial charge is 0.504 e. The van der Waals surface area contributed by atoms with Gasteiger partial charge in [-0.15, -0.1) is 0 Å². The number of hydrogen-bond acceptors (Lipinski definition) is 7. The van der Waals surface area contributed by atoms with Crippen LogP contribution in [0, 0.1) is 5.92 Å². The van der Waals surface area contributed by atoms with Crippen molar-refractivity contribution >= 4 is 11.9 Å². The maximum absolute atomic E-state index is 13.1. The quantitative estimate of drug-likeness (QED) is 0.458. The molecule has 1 N–H and O–H groups in total. The van der Waals surface area contributed by atoms with Crippen molar-refractivity contribution in [1.29, 1.82) is 0 Å². The van der Waals surface area contributed by atoms with E-state index < -0.39 is 23.5 Å². The van der Waals surface area contributed by atoms with E-state index in [2.05, 4.69) is 4.74 Å². The summed E-state index contributed by atoms with van der Waals surface area (Å²) >= 11 is 0. The molecule has 1 spiro atoms. The summed E-state index contributed by atoms with van der Waals surface area (Å²) in [6.45, 7) is 4.22. The molecule has 1 saturated heterocycles. The van der Waals surface area contributed by atoms with Gasteiger partial charge in [0.1, 0.15) is 12.6 Å². The van der Waals surface area contributed by atoms with E-state index in [0.717, 1.165) is 24.0 Å². The van der Waals surface area contributed by atoms with Crippen molar-refractivity contribution in [3.63, 3.8) is 0 Å². The molecule has 2 aliphatic heterocycles. The van der Waals surface area contributed by atoms with Gasteiger partial charge < -0.3 is 19.3 Å². The van der Waals surface area contributed by atoms with Gasteiger partial charge in [0, 0.05) is 37.7 Å². The van der Waals surface area contributed by atoms with E-state index >= 15 is 0 Å². The second kappa shape index (κ2) is 6.11. The van der Waals surface area contributed by atoms with Gasteiger partial charge in [-0.3, -0.25) is 4.79 Å². The number of likely N-dealkylation sites (tertiary alicyclic amines) is 1. The summed E-state index contributed by atoms with van der Waals surface area (Å²) in [4.78, 5) is 30.9. The molecule has 4 aliphatic rings. The molecule has 2 bridgehead atoms. The lowest BCUT2D eigenvalue weighted by molar-refractivity contribution is -1.12. The molecule has 0 amide bonds. The number of nitrogens with zero attached hydrogens (tertiary/aromatic N) is 1. The number of phenols is 1. The second-order valence-corrected chi connectivity index (χ2v) is 9.29. The minimum Gasteiger partial charge on any atom is -0.504 e. The molecule has 1 aromatic carbocycles. The normalized spacial score (nSPS) is 39.0. The standard InChI is InChI=1S/C22H27NO7/c1-12(28-20(26)27-4)30-23(3)10-9-22-14-6-8-17(25)21(22,2)29-19-16(24)7-5-13(18(19)22)11-15(14)23/h5,7,12,14-15H,6,8-11H2,1-4H3/p+1/t12?,14-,15?,21-,22-,23?/m0/s1. The zero-order valence-electron chi connectivity index (χ0n) is 17.8. The van der Waals surface area contributed by atoms with Gasteiger partial charge in [-0.2, -0.15) is 9.48 Å². The monoisotopic (exact) mass is 418 g/mol. The van der Waals surface area contributed by atoms with Gasteiger partial charge in [0.15, 0.2) is 22.9 Å². The summed E-state index contributed by atoms with van der Waals surface area (Å²) in [5.74, 6) is 0.830. The third-order valence-corrected chi connectivity index (χ3v) is 8.04. The first-order valence-electron chi connectivity index (χ1n) is 10.5. The molecule has 3 unspecified atom stereocenters. The van der Waals surface area contributed by atoms with Gasteiger partial charge in [-0.25, -0.2) is 4.79 Å². The van der Waals surface area contributed by atoms with Crippen LogP contribution in [0.1, 0.15) is 44.2 Å². The molecule has 8 nitrogen and oxygen atoms in total. The molecule has 2 fully saturated rings. The van der Waals surface area contributed by atoms with E-state index in [4.69, 9.17) is 14.3 Å².